The molecule has 8 heteroatoms. The molecule has 1 saturated heterocycles. The largest absolute Gasteiger partial charge is 0.444 e. The van der Waals surface area contributed by atoms with E-state index in [1.165, 1.54) is 0 Å². The van der Waals surface area contributed by atoms with E-state index in [1.54, 1.807) is 15.8 Å². The number of hydrogen-bond donors (Lipinski definition) is 1. The summed E-state index contributed by atoms with van der Waals surface area (Å²) in [5, 5.41) is 5.99. The summed E-state index contributed by atoms with van der Waals surface area (Å²) in [6, 6.07) is -0.0157. The number of H-pyrrole nitrogens is 1. The van der Waals surface area contributed by atoms with Gasteiger partial charge in [0.05, 0.1) is 18.8 Å². The number of amides is 1. The Hall–Kier alpha value is -2.12. The summed E-state index contributed by atoms with van der Waals surface area (Å²) in [5.74, 6) is 0.741. The Morgan fingerprint density at radius 1 is 1.45 bits per heavy atom. The van der Waals surface area contributed by atoms with E-state index < -0.39 is 5.60 Å². The van der Waals surface area contributed by atoms with E-state index in [4.69, 9.17) is 4.74 Å². The second kappa shape index (κ2) is 5.94. The molecule has 2 rings (SSSR count). The number of aromatic amines is 1. The van der Waals surface area contributed by atoms with Crippen LogP contribution in [0.2, 0.25) is 0 Å². The molecule has 1 aromatic heterocycles. The molecule has 0 aliphatic carbocycles. The fourth-order valence-electron chi connectivity index (χ4n) is 2.64. The molecule has 1 fully saturated rings. The minimum atomic E-state index is -0.504. The molecule has 1 aliphatic heterocycles. The Labute approximate surface area is 130 Å². The van der Waals surface area contributed by atoms with E-state index >= 15 is 0 Å². The summed E-state index contributed by atoms with van der Waals surface area (Å²) in [4.78, 5) is 26.9. The molecule has 8 nitrogen and oxygen atoms in total. The molecule has 1 atom stereocenters. The molecule has 0 bridgehead atoms. The Morgan fingerprint density at radius 3 is 2.68 bits per heavy atom. The van der Waals surface area contributed by atoms with Gasteiger partial charge >= 0.3 is 11.9 Å². The number of carbonyl (C=O) groups excluding carboxylic acids is 1. The van der Waals surface area contributed by atoms with Crippen LogP contribution >= 0.6 is 0 Å². The number of hydrogen-bond acceptors (Lipinski definition) is 5. The van der Waals surface area contributed by atoms with Crippen molar-refractivity contribution in [3.05, 3.63) is 11.1 Å². The Kier molecular flexibility index (Phi) is 4.39. The van der Waals surface area contributed by atoms with Crippen LogP contribution in [-0.4, -0.2) is 47.4 Å². The number of ether oxygens (including phenoxy) is 1. The van der Waals surface area contributed by atoms with Gasteiger partial charge in [0.1, 0.15) is 25.7 Å². The van der Waals surface area contributed by atoms with Crippen molar-refractivity contribution in [2.75, 3.05) is 24.5 Å². The lowest BCUT2D eigenvalue weighted by atomic mass is 10.2. The summed E-state index contributed by atoms with van der Waals surface area (Å²) in [6.07, 6.45) is 1.28. The normalized spacial score (nSPS) is 19.2. The number of nitrogens with one attached hydrogen (secondary N) is 1. The lowest BCUT2D eigenvalue weighted by molar-refractivity contribution is -0.714. The lowest BCUT2D eigenvalue weighted by Gasteiger charge is -2.37. The van der Waals surface area contributed by atoms with Crippen molar-refractivity contribution in [2.24, 2.45) is 12.2 Å². The number of nitrogens with zero attached hydrogens (tertiary/aromatic N) is 4. The molecule has 0 spiro atoms. The van der Waals surface area contributed by atoms with Crippen LogP contribution in [0.4, 0.5) is 16.3 Å². The smallest absolute Gasteiger partial charge is 0.410 e. The first-order chi connectivity index (χ1) is 10.2. The van der Waals surface area contributed by atoms with Crippen LogP contribution in [0, 0.1) is 4.91 Å². The van der Waals surface area contributed by atoms with Crippen LogP contribution in [0.15, 0.2) is 11.4 Å². The zero-order valence-corrected chi connectivity index (χ0v) is 13.8. The third kappa shape index (κ3) is 3.37. The van der Waals surface area contributed by atoms with Gasteiger partial charge in [-0.2, -0.15) is 4.68 Å². The van der Waals surface area contributed by atoms with Crippen LogP contribution in [0.1, 0.15) is 27.7 Å². The van der Waals surface area contributed by atoms with Crippen molar-refractivity contribution < 1.29 is 14.2 Å². The third-order valence-electron chi connectivity index (χ3n) is 3.60. The van der Waals surface area contributed by atoms with Crippen molar-refractivity contribution in [1.29, 1.82) is 0 Å². The molecule has 2 heterocycles. The van der Waals surface area contributed by atoms with E-state index in [2.05, 4.69) is 15.2 Å². The molecule has 1 aliphatic rings. The van der Waals surface area contributed by atoms with Crippen LogP contribution in [0.5, 0.6) is 0 Å². The number of anilines is 1. The third-order valence-corrected chi connectivity index (χ3v) is 3.60. The Morgan fingerprint density at radius 2 is 2.14 bits per heavy atom. The number of nitroso groups, excluding NO2 is 1. The number of piperazine rings is 1. The average Bonchev–Trinajstić information content (AvgIpc) is 2.77. The first-order valence-electron chi connectivity index (χ1n) is 7.38. The predicted octanol–water partition coefficient (Wildman–Crippen LogP) is 1.68. The van der Waals surface area contributed by atoms with Crippen LogP contribution in [-0.2, 0) is 11.8 Å². The molecule has 22 heavy (non-hydrogen) atoms. The van der Waals surface area contributed by atoms with Gasteiger partial charge in [-0.05, 0) is 32.9 Å². The first kappa shape index (κ1) is 16.3. The molecular formula is C14H24N5O3+. The predicted molar refractivity (Wildman–Crippen MR) is 82.0 cm³/mol. The second-order valence-electron chi connectivity index (χ2n) is 6.60. The standard InChI is InChI=1S/C14H23N5O3/c1-10-9-18(12-11(16-21)8-15-17(12)5)6-7-19(10)13(20)22-14(2,3)4/h8,10H,6-7,9H2,1-5H3/p+1. The second-order valence-corrected chi connectivity index (χ2v) is 6.60. The molecule has 1 amide bonds. The monoisotopic (exact) mass is 310 g/mol. The average molecular weight is 310 g/mol. The van der Waals surface area contributed by atoms with Gasteiger partial charge in [-0.1, -0.05) is 0 Å². The van der Waals surface area contributed by atoms with Crippen molar-refractivity contribution in [1.82, 2.24) is 10.00 Å². The van der Waals surface area contributed by atoms with Crippen molar-refractivity contribution >= 4 is 17.6 Å². The minimum Gasteiger partial charge on any atom is -0.444 e. The van der Waals surface area contributed by atoms with Gasteiger partial charge < -0.3 is 4.74 Å². The summed E-state index contributed by atoms with van der Waals surface area (Å²) in [6.45, 7) is 9.32. The van der Waals surface area contributed by atoms with Crippen LogP contribution < -0.4 is 9.58 Å². The summed E-state index contributed by atoms with van der Waals surface area (Å²) in [5.41, 5.74) is -0.129. The number of aryl methyl sites for hydroxylation is 1. The zero-order valence-electron chi connectivity index (χ0n) is 13.8. The maximum Gasteiger partial charge on any atom is 0.410 e. The van der Waals surface area contributed by atoms with E-state index in [0.29, 0.717) is 25.3 Å². The van der Waals surface area contributed by atoms with Crippen molar-refractivity contribution in [3.63, 3.8) is 0 Å². The highest BCUT2D eigenvalue weighted by molar-refractivity contribution is 5.69. The summed E-state index contributed by atoms with van der Waals surface area (Å²) >= 11 is 0. The summed E-state index contributed by atoms with van der Waals surface area (Å²) in [7, 11) is 1.83. The maximum absolute atomic E-state index is 12.2. The van der Waals surface area contributed by atoms with Gasteiger partial charge in [0.25, 0.3) is 0 Å². The van der Waals surface area contributed by atoms with Gasteiger partial charge in [0, 0.05) is 0 Å². The van der Waals surface area contributed by atoms with Gasteiger partial charge in [0.2, 0.25) is 5.69 Å². The van der Waals surface area contributed by atoms with E-state index in [9.17, 15) is 9.70 Å². The zero-order chi connectivity index (χ0) is 16.5. The van der Waals surface area contributed by atoms with E-state index in [1.807, 2.05) is 34.7 Å². The first-order valence-corrected chi connectivity index (χ1v) is 7.38. The highest BCUT2D eigenvalue weighted by Crippen LogP contribution is 2.26. The molecule has 1 unspecified atom stereocenters. The van der Waals surface area contributed by atoms with Gasteiger partial charge in [-0.25, -0.2) is 9.89 Å². The Balaban J connectivity index is 2.08. The van der Waals surface area contributed by atoms with Crippen molar-refractivity contribution in [2.45, 2.75) is 39.3 Å². The molecule has 0 aromatic carbocycles. The van der Waals surface area contributed by atoms with Gasteiger partial charge in [-0.15, -0.1) is 4.91 Å². The van der Waals surface area contributed by atoms with Gasteiger partial charge in [0.15, 0.2) is 0 Å². The lowest BCUT2D eigenvalue weighted by Crippen LogP contribution is -2.57. The number of aromatic nitrogens is 2. The Bertz CT molecular complexity index is 563. The number of rotatable bonds is 2. The molecule has 122 valence electrons. The van der Waals surface area contributed by atoms with E-state index in [0.717, 1.165) is 5.82 Å². The van der Waals surface area contributed by atoms with Gasteiger partial charge in [-0.3, -0.25) is 9.80 Å². The SMILES string of the molecule is CC1CN(c2c(N=O)c[nH][n+]2C)CCN1C(=O)OC(C)(C)C. The summed E-state index contributed by atoms with van der Waals surface area (Å²) < 4.78 is 7.19. The highest BCUT2D eigenvalue weighted by atomic mass is 16.6. The minimum absolute atomic E-state index is 0.0157. The number of carbonyl (C=O) groups is 1. The quantitative estimate of drug-likeness (QED) is 0.665. The van der Waals surface area contributed by atoms with Crippen LogP contribution in [0.3, 0.4) is 0 Å². The molecule has 1 N–H and O–H groups in total. The molecule has 1 aromatic rings. The van der Waals surface area contributed by atoms with Crippen LogP contribution in [0.25, 0.3) is 0 Å². The van der Waals surface area contributed by atoms with E-state index in [-0.39, 0.29) is 12.1 Å². The maximum atomic E-state index is 12.2. The fourth-order valence-corrected chi connectivity index (χ4v) is 2.64. The highest BCUT2D eigenvalue weighted by Gasteiger charge is 2.36. The molecule has 0 saturated carbocycles. The molecular weight excluding hydrogens is 286 g/mol. The topological polar surface area (TPSA) is 81.9 Å². The fraction of sp³-hybridized carbons (Fsp3) is 0.714. The van der Waals surface area contributed by atoms with Crippen molar-refractivity contribution in [3.8, 4) is 0 Å². The molecule has 0 radical (unpaired) electrons.